The van der Waals surface area contributed by atoms with Crippen LogP contribution in [0.25, 0.3) is 6.08 Å². The van der Waals surface area contributed by atoms with Crippen LogP contribution in [0.1, 0.15) is 23.6 Å². The van der Waals surface area contributed by atoms with Gasteiger partial charge in [-0.25, -0.2) is 0 Å². The van der Waals surface area contributed by atoms with Crippen LogP contribution in [0.4, 0.5) is 11.4 Å². The summed E-state index contributed by atoms with van der Waals surface area (Å²) >= 11 is 2.17. The van der Waals surface area contributed by atoms with Gasteiger partial charge in [0.15, 0.2) is 5.76 Å². The fourth-order valence-corrected chi connectivity index (χ4v) is 4.19. The molecular weight excluding hydrogens is 519 g/mol. The van der Waals surface area contributed by atoms with Crippen LogP contribution in [0.15, 0.2) is 96.3 Å². The highest BCUT2D eigenvalue weighted by Crippen LogP contribution is 2.44. The van der Waals surface area contributed by atoms with Gasteiger partial charge in [0.2, 0.25) is 0 Å². The maximum Gasteiger partial charge on any atom is 0.293 e. The molecule has 3 aromatic carbocycles. The third-order valence-electron chi connectivity index (χ3n) is 5.29. The fraction of sp³-hybridized carbons (Fsp3) is 0.0800. The molecule has 1 N–H and O–H groups in total. The Hall–Kier alpha value is -3.46. The van der Waals surface area contributed by atoms with Gasteiger partial charge >= 0.3 is 0 Å². The van der Waals surface area contributed by atoms with Crippen molar-refractivity contribution in [3.05, 3.63) is 121 Å². The number of carbonyl (C=O) groups excluding carboxylic acids is 1. The number of nitro groups is 1. The van der Waals surface area contributed by atoms with E-state index in [9.17, 15) is 20.0 Å². The van der Waals surface area contributed by atoms with E-state index in [1.54, 1.807) is 30.3 Å². The van der Waals surface area contributed by atoms with E-state index in [0.717, 1.165) is 9.13 Å². The van der Waals surface area contributed by atoms with Crippen molar-refractivity contribution >= 4 is 45.9 Å². The third-order valence-corrected chi connectivity index (χ3v) is 6.01. The van der Waals surface area contributed by atoms with E-state index in [4.69, 9.17) is 0 Å². The Balaban J connectivity index is 1.79. The van der Waals surface area contributed by atoms with E-state index in [1.165, 1.54) is 11.0 Å². The average molecular weight is 538 g/mol. The number of hydrogen-bond donors (Lipinski definition) is 1. The van der Waals surface area contributed by atoms with E-state index in [2.05, 4.69) is 22.6 Å². The molecule has 0 aliphatic carbocycles. The van der Waals surface area contributed by atoms with Crippen molar-refractivity contribution in [2.45, 2.75) is 12.5 Å². The quantitative estimate of drug-likeness (QED) is 0.230. The van der Waals surface area contributed by atoms with Crippen LogP contribution in [-0.2, 0) is 4.79 Å². The van der Waals surface area contributed by atoms with E-state index in [1.807, 2.05) is 54.6 Å². The van der Waals surface area contributed by atoms with Crippen LogP contribution in [0.5, 0.6) is 0 Å². The van der Waals surface area contributed by atoms with Crippen molar-refractivity contribution in [3.8, 4) is 0 Å². The first-order valence-corrected chi connectivity index (χ1v) is 11.0. The molecule has 0 saturated carbocycles. The van der Waals surface area contributed by atoms with E-state index < -0.39 is 16.9 Å². The fourth-order valence-electron chi connectivity index (χ4n) is 3.83. The second kappa shape index (κ2) is 9.35. The molecule has 32 heavy (non-hydrogen) atoms. The van der Waals surface area contributed by atoms with Gasteiger partial charge in [-0.15, -0.1) is 0 Å². The lowest BCUT2D eigenvalue weighted by Gasteiger charge is -2.27. The summed E-state index contributed by atoms with van der Waals surface area (Å²) in [6, 6.07) is 22.5. The van der Waals surface area contributed by atoms with Crippen LogP contribution in [0.3, 0.4) is 0 Å². The highest BCUT2D eigenvalue weighted by Gasteiger charge is 2.43. The van der Waals surface area contributed by atoms with E-state index in [0.29, 0.717) is 16.8 Å². The number of aliphatic hydroxyl groups is 1. The summed E-state index contributed by atoms with van der Waals surface area (Å²) in [6.07, 6.45) is 4.02. The first-order valence-electron chi connectivity index (χ1n) is 9.93. The number of anilines is 1. The van der Waals surface area contributed by atoms with Crippen LogP contribution in [0.2, 0.25) is 0 Å². The molecule has 0 saturated heterocycles. The highest BCUT2D eigenvalue weighted by molar-refractivity contribution is 14.1. The van der Waals surface area contributed by atoms with Gasteiger partial charge in [-0.2, -0.15) is 0 Å². The summed E-state index contributed by atoms with van der Waals surface area (Å²) in [6.45, 7) is 0. The summed E-state index contributed by atoms with van der Waals surface area (Å²) in [4.78, 5) is 25.8. The van der Waals surface area contributed by atoms with Crippen molar-refractivity contribution in [2.24, 2.45) is 0 Å². The van der Waals surface area contributed by atoms with E-state index in [-0.39, 0.29) is 17.9 Å². The van der Waals surface area contributed by atoms with Crippen LogP contribution in [-0.4, -0.2) is 15.9 Å². The number of aliphatic hydroxyl groups excluding tert-OH is 1. The molecule has 1 aliphatic heterocycles. The molecule has 0 aromatic heterocycles. The smallest absolute Gasteiger partial charge is 0.293 e. The summed E-state index contributed by atoms with van der Waals surface area (Å²) in [5.74, 6) is -0.943. The van der Waals surface area contributed by atoms with Gasteiger partial charge in [0.1, 0.15) is 0 Å². The minimum atomic E-state index is -0.787. The lowest BCUT2D eigenvalue weighted by atomic mass is 9.95. The Bertz CT molecular complexity index is 1220. The number of hydrogen-bond acceptors (Lipinski definition) is 4. The van der Waals surface area contributed by atoms with Gasteiger partial charge in [-0.3, -0.25) is 19.8 Å². The zero-order valence-electron chi connectivity index (χ0n) is 16.9. The monoisotopic (exact) mass is 538 g/mol. The Labute approximate surface area is 198 Å². The average Bonchev–Trinajstić information content (AvgIpc) is 3.05. The molecule has 0 radical (unpaired) electrons. The molecule has 4 rings (SSSR count). The zero-order valence-corrected chi connectivity index (χ0v) is 19.0. The zero-order chi connectivity index (χ0) is 22.7. The third kappa shape index (κ3) is 4.29. The second-order valence-corrected chi connectivity index (χ2v) is 8.51. The molecule has 1 amide bonds. The molecule has 0 spiro atoms. The van der Waals surface area contributed by atoms with E-state index >= 15 is 0 Å². The normalized spacial score (nSPS) is 16.2. The standard InChI is InChI=1S/C25H19IN2O4/c26-18-13-15-19(16-14-18)27-23(20-10-4-5-12-22(20)28(31)32)21(24(29)25(27)30)11-6-9-17-7-2-1-3-8-17/h1-10,12-16,23,29H,11H2. The van der Waals surface area contributed by atoms with Gasteiger partial charge in [0.05, 0.1) is 16.5 Å². The summed E-state index contributed by atoms with van der Waals surface area (Å²) in [7, 11) is 0. The molecule has 6 nitrogen and oxygen atoms in total. The minimum absolute atomic E-state index is 0.0972. The van der Waals surface area contributed by atoms with Crippen LogP contribution < -0.4 is 4.90 Å². The van der Waals surface area contributed by atoms with Crippen molar-refractivity contribution in [1.29, 1.82) is 0 Å². The summed E-state index contributed by atoms with van der Waals surface area (Å²) < 4.78 is 0.989. The van der Waals surface area contributed by atoms with Gasteiger partial charge in [0.25, 0.3) is 11.6 Å². The van der Waals surface area contributed by atoms with Gasteiger partial charge in [-0.05, 0) is 64.9 Å². The molecule has 1 heterocycles. The number of nitrogens with zero attached hydrogens (tertiary/aromatic N) is 2. The Morgan fingerprint density at radius 1 is 1.00 bits per heavy atom. The first-order chi connectivity index (χ1) is 15.5. The lowest BCUT2D eigenvalue weighted by Crippen LogP contribution is -2.30. The summed E-state index contributed by atoms with van der Waals surface area (Å²) in [5.41, 5.74) is 2.23. The second-order valence-electron chi connectivity index (χ2n) is 7.26. The number of halogens is 1. The minimum Gasteiger partial charge on any atom is -0.503 e. The number of rotatable bonds is 6. The highest BCUT2D eigenvalue weighted by atomic mass is 127. The topological polar surface area (TPSA) is 83.7 Å². The van der Waals surface area contributed by atoms with Crippen LogP contribution in [0, 0.1) is 13.7 Å². The molecule has 1 atom stereocenters. The number of para-hydroxylation sites is 1. The summed E-state index contributed by atoms with van der Waals surface area (Å²) in [5, 5.41) is 22.5. The maximum absolute atomic E-state index is 13.1. The molecule has 7 heteroatoms. The Kier molecular flexibility index (Phi) is 6.36. The molecular formula is C25H19IN2O4. The lowest BCUT2D eigenvalue weighted by molar-refractivity contribution is -0.385. The number of carbonyl (C=O) groups is 1. The number of benzene rings is 3. The molecule has 3 aromatic rings. The number of amides is 1. The molecule has 1 aliphatic rings. The Morgan fingerprint density at radius 3 is 2.34 bits per heavy atom. The van der Waals surface area contributed by atoms with Crippen molar-refractivity contribution in [3.63, 3.8) is 0 Å². The SMILES string of the molecule is O=C1C(O)=C(CC=Cc2ccccc2)C(c2ccccc2[N+](=O)[O-])N1c1ccc(I)cc1. The first kappa shape index (κ1) is 21.8. The molecule has 1 unspecified atom stereocenters. The van der Waals surface area contributed by atoms with Crippen molar-refractivity contribution in [2.75, 3.05) is 4.90 Å². The van der Waals surface area contributed by atoms with Gasteiger partial charge < -0.3 is 5.11 Å². The van der Waals surface area contributed by atoms with Gasteiger partial charge in [-0.1, -0.05) is 54.6 Å². The van der Waals surface area contributed by atoms with Crippen LogP contribution >= 0.6 is 22.6 Å². The maximum atomic E-state index is 13.1. The molecule has 160 valence electrons. The van der Waals surface area contributed by atoms with Crippen molar-refractivity contribution < 1.29 is 14.8 Å². The Morgan fingerprint density at radius 2 is 1.66 bits per heavy atom. The van der Waals surface area contributed by atoms with Crippen molar-refractivity contribution in [1.82, 2.24) is 0 Å². The largest absolute Gasteiger partial charge is 0.503 e. The van der Waals surface area contributed by atoms with Gasteiger partial charge in [0, 0.05) is 20.9 Å². The molecule has 0 bridgehead atoms. The molecule has 0 fully saturated rings. The predicted octanol–water partition coefficient (Wildman–Crippen LogP) is 6.20. The predicted molar refractivity (Wildman–Crippen MR) is 132 cm³/mol. The number of nitro benzene ring substituents is 1. The number of allylic oxidation sites excluding steroid dienone is 1.